The van der Waals surface area contributed by atoms with Crippen LogP contribution in [0, 0.1) is 11.3 Å². The van der Waals surface area contributed by atoms with Crippen molar-refractivity contribution in [1.82, 2.24) is 10.2 Å². The highest BCUT2D eigenvalue weighted by Gasteiger charge is 2.17. The van der Waals surface area contributed by atoms with Crippen molar-refractivity contribution >= 4 is 5.91 Å². The minimum absolute atomic E-state index is 0.0922. The summed E-state index contributed by atoms with van der Waals surface area (Å²) in [5.41, 5.74) is 1.31. The van der Waals surface area contributed by atoms with E-state index in [4.69, 9.17) is 5.26 Å². The summed E-state index contributed by atoms with van der Waals surface area (Å²) in [6, 6.07) is 8.84. The van der Waals surface area contributed by atoms with Gasteiger partial charge in [0.15, 0.2) is 0 Å². The molecular weight excluding hydrogens is 254 g/mol. The molecule has 106 valence electrons. The van der Waals surface area contributed by atoms with E-state index in [0.29, 0.717) is 12.1 Å². The summed E-state index contributed by atoms with van der Waals surface area (Å²) >= 11 is 0. The molecule has 5 nitrogen and oxygen atoms in total. The third kappa shape index (κ3) is 3.80. The number of nitrogens with one attached hydrogen (secondary N) is 1. The van der Waals surface area contributed by atoms with Crippen LogP contribution in [0.5, 0.6) is 0 Å². The molecular formula is C15H19N3O2. The van der Waals surface area contributed by atoms with Gasteiger partial charge in [-0.1, -0.05) is 12.1 Å². The average Bonchev–Trinajstić information content (AvgIpc) is 3.01. The van der Waals surface area contributed by atoms with Gasteiger partial charge in [0.05, 0.1) is 24.3 Å². The van der Waals surface area contributed by atoms with Crippen LogP contribution in [0.1, 0.15) is 30.1 Å². The number of carbonyl (C=O) groups excluding carboxylic acids is 1. The Hall–Kier alpha value is -1.90. The Morgan fingerprint density at radius 2 is 2.00 bits per heavy atom. The second-order valence-electron chi connectivity index (χ2n) is 4.97. The molecule has 1 amide bonds. The normalized spacial score (nSPS) is 15.9. The predicted octanol–water partition coefficient (Wildman–Crippen LogP) is 0.804. The van der Waals surface area contributed by atoms with E-state index in [1.807, 2.05) is 11.0 Å². The largest absolute Gasteiger partial charge is 0.387 e. The lowest BCUT2D eigenvalue weighted by molar-refractivity contribution is -0.129. The lowest BCUT2D eigenvalue weighted by atomic mass is 10.1. The molecule has 1 aliphatic heterocycles. The van der Waals surface area contributed by atoms with E-state index < -0.39 is 6.10 Å². The van der Waals surface area contributed by atoms with E-state index in [9.17, 15) is 9.90 Å². The smallest absolute Gasteiger partial charge is 0.236 e. The standard InChI is InChI=1S/C15H19N3O2/c16-9-12-3-5-13(6-4-12)14(19)10-17-11-15(20)18-7-1-2-8-18/h3-6,14,17,19H,1-2,7-8,10-11H2. The molecule has 1 unspecified atom stereocenters. The molecule has 0 aromatic heterocycles. The molecule has 1 aromatic carbocycles. The molecule has 1 atom stereocenters. The molecule has 1 saturated heterocycles. The zero-order valence-corrected chi connectivity index (χ0v) is 11.4. The molecule has 2 N–H and O–H groups in total. The van der Waals surface area contributed by atoms with Gasteiger partial charge in [-0.15, -0.1) is 0 Å². The predicted molar refractivity (Wildman–Crippen MR) is 74.8 cm³/mol. The Bertz CT molecular complexity index is 487. The maximum absolute atomic E-state index is 11.8. The molecule has 1 aromatic rings. The Morgan fingerprint density at radius 1 is 1.35 bits per heavy atom. The van der Waals surface area contributed by atoms with Crippen molar-refractivity contribution in [2.75, 3.05) is 26.2 Å². The highest BCUT2D eigenvalue weighted by molar-refractivity contribution is 5.78. The zero-order valence-electron chi connectivity index (χ0n) is 11.4. The lowest BCUT2D eigenvalue weighted by Crippen LogP contribution is -2.37. The number of hydrogen-bond acceptors (Lipinski definition) is 4. The second-order valence-corrected chi connectivity index (χ2v) is 4.97. The van der Waals surface area contributed by atoms with Crippen LogP contribution in [-0.2, 0) is 4.79 Å². The molecule has 0 bridgehead atoms. The Labute approximate surface area is 118 Å². The van der Waals surface area contributed by atoms with Crippen molar-refractivity contribution in [3.05, 3.63) is 35.4 Å². The Kier molecular flexibility index (Phi) is 5.10. The first-order valence-electron chi connectivity index (χ1n) is 6.87. The lowest BCUT2D eigenvalue weighted by Gasteiger charge is -2.17. The number of likely N-dealkylation sites (tertiary alicyclic amines) is 1. The van der Waals surface area contributed by atoms with Crippen molar-refractivity contribution in [2.24, 2.45) is 0 Å². The van der Waals surface area contributed by atoms with Gasteiger partial charge >= 0.3 is 0 Å². The number of aliphatic hydroxyl groups excluding tert-OH is 1. The van der Waals surface area contributed by atoms with Crippen molar-refractivity contribution in [2.45, 2.75) is 18.9 Å². The van der Waals surface area contributed by atoms with Crippen LogP contribution >= 0.6 is 0 Å². The number of benzene rings is 1. The summed E-state index contributed by atoms with van der Waals surface area (Å²) in [4.78, 5) is 13.6. The zero-order chi connectivity index (χ0) is 14.4. The highest BCUT2D eigenvalue weighted by atomic mass is 16.3. The van der Waals surface area contributed by atoms with Crippen LogP contribution in [0.15, 0.2) is 24.3 Å². The van der Waals surface area contributed by atoms with Gasteiger partial charge in [-0.3, -0.25) is 4.79 Å². The van der Waals surface area contributed by atoms with Crippen LogP contribution in [0.4, 0.5) is 0 Å². The van der Waals surface area contributed by atoms with E-state index >= 15 is 0 Å². The van der Waals surface area contributed by atoms with E-state index in [0.717, 1.165) is 31.5 Å². The maximum Gasteiger partial charge on any atom is 0.236 e. The fourth-order valence-electron chi connectivity index (χ4n) is 2.29. The Balaban J connectivity index is 1.75. The molecule has 1 aliphatic rings. The first-order chi connectivity index (χ1) is 9.70. The maximum atomic E-state index is 11.8. The number of rotatable bonds is 5. The van der Waals surface area contributed by atoms with E-state index in [-0.39, 0.29) is 12.5 Å². The monoisotopic (exact) mass is 273 g/mol. The minimum Gasteiger partial charge on any atom is -0.387 e. The fraction of sp³-hybridized carbons (Fsp3) is 0.467. The quantitative estimate of drug-likeness (QED) is 0.832. The summed E-state index contributed by atoms with van der Waals surface area (Å²) in [6.07, 6.45) is 1.49. The molecule has 5 heteroatoms. The minimum atomic E-state index is -0.672. The number of hydrogen-bond donors (Lipinski definition) is 2. The number of aliphatic hydroxyl groups is 1. The van der Waals surface area contributed by atoms with Gasteiger partial charge in [-0.2, -0.15) is 5.26 Å². The molecule has 20 heavy (non-hydrogen) atoms. The molecule has 2 rings (SSSR count). The third-order valence-corrected chi connectivity index (χ3v) is 3.50. The summed E-state index contributed by atoms with van der Waals surface area (Å²) < 4.78 is 0. The fourth-order valence-corrected chi connectivity index (χ4v) is 2.29. The van der Waals surface area contributed by atoms with E-state index in [2.05, 4.69) is 5.32 Å². The van der Waals surface area contributed by atoms with Gasteiger partial charge < -0.3 is 15.3 Å². The van der Waals surface area contributed by atoms with Crippen LogP contribution in [-0.4, -0.2) is 42.1 Å². The van der Waals surface area contributed by atoms with E-state index in [1.165, 1.54) is 0 Å². The number of amides is 1. The molecule has 0 saturated carbocycles. The SMILES string of the molecule is N#Cc1ccc(C(O)CNCC(=O)N2CCCC2)cc1. The van der Waals surface area contributed by atoms with Crippen molar-refractivity contribution in [1.29, 1.82) is 5.26 Å². The number of carbonyl (C=O) groups is 1. The highest BCUT2D eigenvalue weighted by Crippen LogP contribution is 2.12. The van der Waals surface area contributed by atoms with Gasteiger partial charge in [0.1, 0.15) is 0 Å². The van der Waals surface area contributed by atoms with Crippen LogP contribution in [0.25, 0.3) is 0 Å². The van der Waals surface area contributed by atoms with Crippen molar-refractivity contribution < 1.29 is 9.90 Å². The average molecular weight is 273 g/mol. The van der Waals surface area contributed by atoms with Gasteiger partial charge in [0.2, 0.25) is 5.91 Å². The van der Waals surface area contributed by atoms with Crippen LogP contribution in [0.2, 0.25) is 0 Å². The summed E-state index contributed by atoms with van der Waals surface area (Å²) in [5, 5.41) is 21.7. The Morgan fingerprint density at radius 3 is 2.60 bits per heavy atom. The summed E-state index contributed by atoms with van der Waals surface area (Å²) in [7, 11) is 0. The topological polar surface area (TPSA) is 76.4 Å². The summed E-state index contributed by atoms with van der Waals surface area (Å²) in [5.74, 6) is 0.0922. The van der Waals surface area contributed by atoms with E-state index in [1.54, 1.807) is 24.3 Å². The van der Waals surface area contributed by atoms with Gasteiger partial charge in [-0.05, 0) is 30.5 Å². The van der Waals surface area contributed by atoms with Gasteiger partial charge in [0, 0.05) is 19.6 Å². The summed E-state index contributed by atoms with van der Waals surface area (Å²) in [6.45, 7) is 2.27. The van der Waals surface area contributed by atoms with Crippen molar-refractivity contribution in [3.63, 3.8) is 0 Å². The molecule has 0 radical (unpaired) electrons. The second kappa shape index (κ2) is 7.04. The van der Waals surface area contributed by atoms with Crippen molar-refractivity contribution in [3.8, 4) is 6.07 Å². The van der Waals surface area contributed by atoms with Crippen LogP contribution in [0.3, 0.4) is 0 Å². The van der Waals surface area contributed by atoms with Gasteiger partial charge in [-0.25, -0.2) is 0 Å². The van der Waals surface area contributed by atoms with Gasteiger partial charge in [0.25, 0.3) is 0 Å². The first-order valence-corrected chi connectivity index (χ1v) is 6.87. The molecule has 0 spiro atoms. The molecule has 0 aliphatic carbocycles. The third-order valence-electron chi connectivity index (χ3n) is 3.50. The molecule has 1 heterocycles. The molecule has 1 fully saturated rings. The first kappa shape index (κ1) is 14.5. The number of nitrogens with zero attached hydrogens (tertiary/aromatic N) is 2. The number of nitriles is 1. The van der Waals surface area contributed by atoms with Crippen LogP contribution < -0.4 is 5.32 Å².